The van der Waals surface area contributed by atoms with Gasteiger partial charge in [0.2, 0.25) is 11.8 Å². The number of nitrogens with one attached hydrogen (secondary N) is 1. The molecule has 1 aliphatic heterocycles. The van der Waals surface area contributed by atoms with Gasteiger partial charge in [-0.2, -0.15) is 0 Å². The summed E-state index contributed by atoms with van der Waals surface area (Å²) in [4.78, 5) is 40.0. The van der Waals surface area contributed by atoms with E-state index in [2.05, 4.69) is 5.32 Å². The maximum absolute atomic E-state index is 12.6. The molecule has 2 aromatic rings. The molecule has 29 heavy (non-hydrogen) atoms. The van der Waals surface area contributed by atoms with Gasteiger partial charge in [0.25, 0.3) is 5.91 Å². The van der Waals surface area contributed by atoms with E-state index < -0.39 is 12.0 Å². The Morgan fingerprint density at radius 2 is 1.90 bits per heavy atom. The van der Waals surface area contributed by atoms with Crippen molar-refractivity contribution >= 4 is 52.3 Å². The van der Waals surface area contributed by atoms with E-state index in [1.165, 1.54) is 22.9 Å². The smallest absolute Gasteiger partial charge is 0.268 e. The van der Waals surface area contributed by atoms with Crippen LogP contribution in [0.1, 0.15) is 6.92 Å². The van der Waals surface area contributed by atoms with E-state index >= 15 is 0 Å². The Morgan fingerprint density at radius 1 is 1.17 bits per heavy atom. The molecule has 1 heterocycles. The lowest BCUT2D eigenvalue weighted by atomic mass is 10.2. The van der Waals surface area contributed by atoms with Gasteiger partial charge in [-0.25, -0.2) is 0 Å². The molecular weight excluding hydrogens is 417 g/mol. The predicted molar refractivity (Wildman–Crippen MR) is 112 cm³/mol. The van der Waals surface area contributed by atoms with Crippen molar-refractivity contribution in [3.8, 4) is 5.75 Å². The summed E-state index contributed by atoms with van der Waals surface area (Å²) in [5, 5.41) is 3.34. The van der Waals surface area contributed by atoms with Crippen molar-refractivity contribution in [3.05, 3.63) is 52.5 Å². The first-order chi connectivity index (χ1) is 13.8. The molecule has 0 aromatic heterocycles. The number of nitrogens with zero attached hydrogens (tertiary/aromatic N) is 2. The maximum Gasteiger partial charge on any atom is 0.268 e. The van der Waals surface area contributed by atoms with E-state index in [1.807, 2.05) is 0 Å². The highest BCUT2D eigenvalue weighted by atomic mass is 35.5. The minimum Gasteiger partial charge on any atom is -0.479 e. The van der Waals surface area contributed by atoms with Gasteiger partial charge in [-0.15, -0.1) is 0 Å². The number of hydrogen-bond donors (Lipinski definition) is 1. The summed E-state index contributed by atoms with van der Waals surface area (Å²) in [5.41, 5.74) is 0.994. The van der Waals surface area contributed by atoms with Gasteiger partial charge in [0.05, 0.1) is 22.3 Å². The summed E-state index contributed by atoms with van der Waals surface area (Å²) >= 11 is 11.8. The molecule has 3 rings (SSSR count). The zero-order chi connectivity index (χ0) is 21.1. The number of ether oxygens (including phenoxy) is 1. The van der Waals surface area contributed by atoms with Gasteiger partial charge in [0, 0.05) is 12.7 Å². The first-order valence-corrected chi connectivity index (χ1v) is 9.58. The molecule has 0 aliphatic carbocycles. The van der Waals surface area contributed by atoms with E-state index in [1.54, 1.807) is 43.3 Å². The maximum atomic E-state index is 12.6. The van der Waals surface area contributed by atoms with Crippen molar-refractivity contribution in [2.75, 3.05) is 30.4 Å². The van der Waals surface area contributed by atoms with Crippen LogP contribution in [0.25, 0.3) is 0 Å². The molecule has 0 fully saturated rings. The van der Waals surface area contributed by atoms with Crippen molar-refractivity contribution in [2.24, 2.45) is 0 Å². The fourth-order valence-corrected chi connectivity index (χ4v) is 3.15. The van der Waals surface area contributed by atoms with Crippen LogP contribution < -0.4 is 15.0 Å². The summed E-state index contributed by atoms with van der Waals surface area (Å²) in [7, 11) is 1.50. The average molecular weight is 436 g/mol. The lowest BCUT2D eigenvalue weighted by Crippen LogP contribution is -2.49. The summed E-state index contributed by atoms with van der Waals surface area (Å²) in [6.07, 6.45) is -0.694. The number of hydrogen-bond acceptors (Lipinski definition) is 4. The summed E-state index contributed by atoms with van der Waals surface area (Å²) < 4.78 is 5.56. The first-order valence-electron chi connectivity index (χ1n) is 8.82. The Bertz CT molecular complexity index is 966. The Kier molecular flexibility index (Phi) is 6.30. The van der Waals surface area contributed by atoms with Crippen LogP contribution in [-0.2, 0) is 14.4 Å². The summed E-state index contributed by atoms with van der Waals surface area (Å²) in [6, 6.07) is 11.7. The number of carbonyl (C=O) groups is 3. The third-order valence-electron chi connectivity index (χ3n) is 4.38. The normalized spacial score (nSPS) is 15.4. The standard InChI is InChI=1S/C20H19Cl2N3O4/c1-12-20(28)25(16-5-3-4-6-17(16)29-12)11-19(27)24(2)10-18(26)23-13-7-8-14(21)15(22)9-13/h3-9,12H,10-11H2,1-2H3,(H,23,26)/t12-/m0/s1. The molecule has 1 N–H and O–H groups in total. The van der Waals surface area contributed by atoms with Gasteiger partial charge in [-0.05, 0) is 37.3 Å². The Balaban J connectivity index is 1.63. The van der Waals surface area contributed by atoms with Crippen LogP contribution in [0.15, 0.2) is 42.5 Å². The zero-order valence-electron chi connectivity index (χ0n) is 15.8. The largest absolute Gasteiger partial charge is 0.479 e. The van der Waals surface area contributed by atoms with Gasteiger partial charge in [-0.1, -0.05) is 35.3 Å². The monoisotopic (exact) mass is 435 g/mol. The van der Waals surface area contributed by atoms with E-state index in [0.29, 0.717) is 27.2 Å². The number of para-hydroxylation sites is 2. The SMILES string of the molecule is C[C@@H]1Oc2ccccc2N(CC(=O)N(C)CC(=O)Nc2ccc(Cl)c(Cl)c2)C1=O. The van der Waals surface area contributed by atoms with Crippen LogP contribution in [0.5, 0.6) is 5.75 Å². The minimum atomic E-state index is -0.694. The third kappa shape index (κ3) is 4.81. The Hall–Kier alpha value is -2.77. The molecule has 3 amide bonds. The Labute approximate surface area is 178 Å². The van der Waals surface area contributed by atoms with E-state index in [-0.39, 0.29) is 24.9 Å². The molecule has 0 unspecified atom stereocenters. The van der Waals surface area contributed by atoms with Gasteiger partial charge in [-0.3, -0.25) is 19.3 Å². The quantitative estimate of drug-likeness (QED) is 0.781. The van der Waals surface area contributed by atoms with Gasteiger partial charge < -0.3 is 15.0 Å². The second-order valence-corrected chi connectivity index (χ2v) is 7.39. The second kappa shape index (κ2) is 8.71. The summed E-state index contributed by atoms with van der Waals surface area (Å²) in [6.45, 7) is 1.25. The average Bonchev–Trinajstić information content (AvgIpc) is 2.68. The van der Waals surface area contributed by atoms with Crippen LogP contribution >= 0.6 is 23.2 Å². The highest BCUT2D eigenvalue weighted by molar-refractivity contribution is 6.42. The fourth-order valence-electron chi connectivity index (χ4n) is 2.86. The van der Waals surface area contributed by atoms with Crippen molar-refractivity contribution in [1.82, 2.24) is 4.90 Å². The number of benzene rings is 2. The molecule has 0 spiro atoms. The second-order valence-electron chi connectivity index (χ2n) is 6.58. The summed E-state index contributed by atoms with van der Waals surface area (Å²) in [5.74, 6) is -0.564. The van der Waals surface area contributed by atoms with E-state index in [9.17, 15) is 14.4 Å². The zero-order valence-corrected chi connectivity index (χ0v) is 17.3. The number of amides is 3. The molecule has 0 radical (unpaired) electrons. The van der Waals surface area contributed by atoms with Crippen LogP contribution in [-0.4, -0.2) is 48.9 Å². The van der Waals surface area contributed by atoms with Crippen molar-refractivity contribution in [3.63, 3.8) is 0 Å². The van der Waals surface area contributed by atoms with Crippen LogP contribution in [0.2, 0.25) is 10.0 Å². The number of carbonyl (C=O) groups excluding carboxylic acids is 3. The third-order valence-corrected chi connectivity index (χ3v) is 5.12. The molecular formula is C20H19Cl2N3O4. The molecule has 0 saturated carbocycles. The lowest BCUT2D eigenvalue weighted by Gasteiger charge is -2.33. The van der Waals surface area contributed by atoms with Crippen LogP contribution in [0.4, 0.5) is 11.4 Å². The molecule has 2 aromatic carbocycles. The molecule has 0 saturated heterocycles. The number of likely N-dealkylation sites (N-methyl/N-ethyl adjacent to an activating group) is 1. The highest BCUT2D eigenvalue weighted by Gasteiger charge is 2.33. The fraction of sp³-hybridized carbons (Fsp3) is 0.250. The molecule has 1 aliphatic rings. The number of rotatable bonds is 5. The molecule has 152 valence electrons. The molecule has 9 heteroatoms. The molecule has 0 bridgehead atoms. The van der Waals surface area contributed by atoms with Gasteiger partial charge >= 0.3 is 0 Å². The van der Waals surface area contributed by atoms with Gasteiger partial charge in [0.15, 0.2) is 6.10 Å². The number of halogens is 2. The van der Waals surface area contributed by atoms with Crippen molar-refractivity contribution < 1.29 is 19.1 Å². The Morgan fingerprint density at radius 3 is 2.62 bits per heavy atom. The minimum absolute atomic E-state index is 0.186. The van der Waals surface area contributed by atoms with E-state index in [0.717, 1.165) is 0 Å². The number of fused-ring (bicyclic) bond motifs is 1. The van der Waals surface area contributed by atoms with Crippen LogP contribution in [0.3, 0.4) is 0 Å². The molecule has 7 nitrogen and oxygen atoms in total. The van der Waals surface area contributed by atoms with Crippen molar-refractivity contribution in [1.29, 1.82) is 0 Å². The topological polar surface area (TPSA) is 79.0 Å². The highest BCUT2D eigenvalue weighted by Crippen LogP contribution is 2.33. The van der Waals surface area contributed by atoms with Crippen molar-refractivity contribution in [2.45, 2.75) is 13.0 Å². The van der Waals surface area contributed by atoms with Crippen LogP contribution in [0, 0.1) is 0 Å². The van der Waals surface area contributed by atoms with E-state index in [4.69, 9.17) is 27.9 Å². The lowest BCUT2D eigenvalue weighted by molar-refractivity contribution is -0.134. The molecule has 1 atom stereocenters. The first kappa shape index (κ1) is 21.0. The predicted octanol–water partition coefficient (Wildman–Crippen LogP) is 3.20. The number of anilines is 2. The van der Waals surface area contributed by atoms with Gasteiger partial charge in [0.1, 0.15) is 12.3 Å².